The van der Waals surface area contributed by atoms with E-state index < -0.39 is 6.10 Å². The van der Waals surface area contributed by atoms with Crippen LogP contribution in [0.3, 0.4) is 0 Å². The van der Waals surface area contributed by atoms with E-state index >= 15 is 0 Å². The first-order chi connectivity index (χ1) is 11.2. The number of hydrogen-bond acceptors (Lipinski definition) is 4. The van der Waals surface area contributed by atoms with Gasteiger partial charge in [-0.3, -0.25) is 0 Å². The summed E-state index contributed by atoms with van der Waals surface area (Å²) in [4.78, 5) is 0. The number of nitrogens with two attached hydrogens (primary N) is 1. The maximum Gasteiger partial charge on any atom is 0.125 e. The Kier molecular flexibility index (Phi) is 6.44. The van der Waals surface area contributed by atoms with Crippen LogP contribution in [-0.4, -0.2) is 25.9 Å². The average molecular weight is 315 g/mol. The minimum atomic E-state index is -0.753. The van der Waals surface area contributed by atoms with Crippen molar-refractivity contribution in [1.29, 1.82) is 0 Å². The molecule has 124 valence electrons. The molecule has 0 aromatic heterocycles. The van der Waals surface area contributed by atoms with Crippen LogP contribution in [0.15, 0.2) is 42.5 Å². The summed E-state index contributed by atoms with van der Waals surface area (Å²) in [5, 5.41) is 10.0. The van der Waals surface area contributed by atoms with Crippen molar-refractivity contribution in [3.05, 3.63) is 59.2 Å². The molecule has 3 N–H and O–H groups in total. The fourth-order valence-corrected chi connectivity index (χ4v) is 2.69. The fourth-order valence-electron chi connectivity index (χ4n) is 2.69. The molecule has 2 rings (SSSR count). The Morgan fingerprint density at radius 3 is 2.30 bits per heavy atom. The van der Waals surface area contributed by atoms with Crippen molar-refractivity contribution in [3.8, 4) is 11.5 Å². The molecule has 0 spiro atoms. The molecule has 0 amide bonds. The largest absolute Gasteiger partial charge is 0.496 e. The monoisotopic (exact) mass is 315 g/mol. The highest BCUT2D eigenvalue weighted by molar-refractivity contribution is 5.47. The second kappa shape index (κ2) is 8.56. The van der Waals surface area contributed by atoms with E-state index in [9.17, 15) is 5.11 Å². The highest BCUT2D eigenvalue weighted by atomic mass is 16.5. The van der Waals surface area contributed by atoms with Crippen molar-refractivity contribution in [2.24, 2.45) is 5.73 Å². The Morgan fingerprint density at radius 2 is 1.70 bits per heavy atom. The molecule has 0 unspecified atom stereocenters. The Bertz CT molecular complexity index is 614. The maximum atomic E-state index is 10.0. The number of rotatable bonds is 8. The number of aryl methyl sites for hydroxylation is 2. The lowest BCUT2D eigenvalue weighted by Crippen LogP contribution is -2.13. The molecule has 0 aliphatic heterocycles. The Hall–Kier alpha value is -2.04. The van der Waals surface area contributed by atoms with E-state index in [1.807, 2.05) is 18.2 Å². The molecule has 4 nitrogen and oxygen atoms in total. The van der Waals surface area contributed by atoms with Crippen LogP contribution in [-0.2, 0) is 12.8 Å². The van der Waals surface area contributed by atoms with Crippen molar-refractivity contribution in [2.45, 2.75) is 25.4 Å². The maximum absolute atomic E-state index is 10.0. The van der Waals surface area contributed by atoms with Gasteiger partial charge in [0.1, 0.15) is 11.5 Å². The molecule has 0 heterocycles. The number of ether oxygens (including phenoxy) is 2. The van der Waals surface area contributed by atoms with Crippen LogP contribution < -0.4 is 15.2 Å². The van der Waals surface area contributed by atoms with E-state index in [0.717, 1.165) is 30.6 Å². The number of hydrogen-bond donors (Lipinski definition) is 2. The SMILES string of the molecule is COc1cc([C@H](O)CN)c(OC)cc1CCCc1ccccc1. The Labute approximate surface area is 137 Å². The van der Waals surface area contributed by atoms with Gasteiger partial charge in [-0.1, -0.05) is 30.3 Å². The number of aliphatic hydroxyl groups is 1. The van der Waals surface area contributed by atoms with Crippen molar-refractivity contribution < 1.29 is 14.6 Å². The minimum Gasteiger partial charge on any atom is -0.496 e. The highest BCUT2D eigenvalue weighted by Gasteiger charge is 2.16. The van der Waals surface area contributed by atoms with Gasteiger partial charge in [0.15, 0.2) is 0 Å². The lowest BCUT2D eigenvalue weighted by molar-refractivity contribution is 0.181. The molecule has 2 aromatic carbocycles. The standard InChI is InChI=1S/C19H25NO3/c1-22-18-12-16(17(21)13-20)19(23-2)11-15(18)10-6-9-14-7-4-3-5-8-14/h3-5,7-8,11-12,17,21H,6,9-10,13,20H2,1-2H3/t17-/m1/s1. The first-order valence-electron chi connectivity index (χ1n) is 7.86. The van der Waals surface area contributed by atoms with Crippen LogP contribution in [0.4, 0.5) is 0 Å². The average Bonchev–Trinajstić information content (AvgIpc) is 2.61. The Morgan fingerprint density at radius 1 is 1.00 bits per heavy atom. The van der Waals surface area contributed by atoms with E-state index in [1.54, 1.807) is 14.2 Å². The van der Waals surface area contributed by atoms with Gasteiger partial charge in [0.2, 0.25) is 0 Å². The smallest absolute Gasteiger partial charge is 0.125 e. The molecular formula is C19H25NO3. The summed E-state index contributed by atoms with van der Waals surface area (Å²) < 4.78 is 10.9. The molecule has 0 aliphatic carbocycles. The third-order valence-corrected chi connectivity index (χ3v) is 3.97. The molecule has 0 radical (unpaired) electrons. The second-order valence-corrected chi connectivity index (χ2v) is 5.50. The topological polar surface area (TPSA) is 64.7 Å². The predicted molar refractivity (Wildman–Crippen MR) is 92.0 cm³/mol. The predicted octanol–water partition coefficient (Wildman–Crippen LogP) is 2.87. The van der Waals surface area contributed by atoms with Crippen LogP contribution in [0.1, 0.15) is 29.2 Å². The highest BCUT2D eigenvalue weighted by Crippen LogP contribution is 2.33. The van der Waals surface area contributed by atoms with Crippen LogP contribution in [0.5, 0.6) is 11.5 Å². The van der Waals surface area contributed by atoms with E-state index in [-0.39, 0.29) is 6.54 Å². The molecule has 0 aliphatic rings. The van der Waals surface area contributed by atoms with Crippen LogP contribution in [0, 0.1) is 0 Å². The molecule has 2 aromatic rings. The molecule has 1 atom stereocenters. The zero-order valence-corrected chi connectivity index (χ0v) is 13.8. The first-order valence-corrected chi connectivity index (χ1v) is 7.86. The minimum absolute atomic E-state index is 0.146. The van der Waals surface area contributed by atoms with Gasteiger partial charge in [-0.15, -0.1) is 0 Å². The Balaban J connectivity index is 2.14. The van der Waals surface area contributed by atoms with E-state index in [2.05, 4.69) is 24.3 Å². The number of benzene rings is 2. The molecule has 0 fully saturated rings. The molecule has 0 saturated heterocycles. The molecule has 23 heavy (non-hydrogen) atoms. The summed E-state index contributed by atoms with van der Waals surface area (Å²) in [7, 11) is 3.24. The van der Waals surface area contributed by atoms with Crippen LogP contribution >= 0.6 is 0 Å². The van der Waals surface area contributed by atoms with Crippen LogP contribution in [0.25, 0.3) is 0 Å². The number of aliphatic hydroxyl groups excluding tert-OH is 1. The van der Waals surface area contributed by atoms with Gasteiger partial charge >= 0.3 is 0 Å². The van der Waals surface area contributed by atoms with Gasteiger partial charge in [-0.2, -0.15) is 0 Å². The van der Waals surface area contributed by atoms with Crippen LogP contribution in [0.2, 0.25) is 0 Å². The molecule has 0 bridgehead atoms. The van der Waals surface area contributed by atoms with Gasteiger partial charge in [-0.25, -0.2) is 0 Å². The van der Waals surface area contributed by atoms with Crippen molar-refractivity contribution in [1.82, 2.24) is 0 Å². The third kappa shape index (κ3) is 4.47. The third-order valence-electron chi connectivity index (χ3n) is 3.97. The van der Waals surface area contributed by atoms with Crippen molar-refractivity contribution >= 4 is 0 Å². The van der Waals surface area contributed by atoms with Gasteiger partial charge in [-0.05, 0) is 42.5 Å². The summed E-state index contributed by atoms with van der Waals surface area (Å²) in [5.74, 6) is 1.42. The van der Waals surface area contributed by atoms with Crippen molar-refractivity contribution in [3.63, 3.8) is 0 Å². The van der Waals surface area contributed by atoms with Gasteiger partial charge in [0, 0.05) is 12.1 Å². The zero-order chi connectivity index (χ0) is 16.7. The normalized spacial score (nSPS) is 12.0. The summed E-state index contributed by atoms with van der Waals surface area (Å²) in [6.07, 6.45) is 2.16. The number of methoxy groups -OCH3 is 2. The summed E-state index contributed by atoms with van der Waals surface area (Å²) in [6, 6.07) is 14.2. The van der Waals surface area contributed by atoms with E-state index in [0.29, 0.717) is 11.3 Å². The summed E-state index contributed by atoms with van der Waals surface area (Å²) in [6.45, 7) is 0.146. The summed E-state index contributed by atoms with van der Waals surface area (Å²) in [5.41, 5.74) is 8.63. The van der Waals surface area contributed by atoms with Gasteiger partial charge in [0.05, 0.1) is 20.3 Å². The second-order valence-electron chi connectivity index (χ2n) is 5.50. The van der Waals surface area contributed by atoms with Crippen molar-refractivity contribution in [2.75, 3.05) is 20.8 Å². The lowest BCUT2D eigenvalue weighted by atomic mass is 9.99. The molecule has 4 heteroatoms. The lowest BCUT2D eigenvalue weighted by Gasteiger charge is -2.17. The van der Waals surface area contributed by atoms with E-state index in [4.69, 9.17) is 15.2 Å². The quantitative estimate of drug-likeness (QED) is 0.786. The molecule has 0 saturated carbocycles. The zero-order valence-electron chi connectivity index (χ0n) is 13.8. The molecular weight excluding hydrogens is 290 g/mol. The summed E-state index contributed by atoms with van der Waals surface area (Å²) >= 11 is 0. The first kappa shape index (κ1) is 17.3. The van der Waals surface area contributed by atoms with E-state index in [1.165, 1.54) is 5.56 Å². The fraction of sp³-hybridized carbons (Fsp3) is 0.368. The van der Waals surface area contributed by atoms with Gasteiger partial charge < -0.3 is 20.3 Å². The van der Waals surface area contributed by atoms with Gasteiger partial charge in [0.25, 0.3) is 0 Å².